The number of hydrogen-bond acceptors (Lipinski definition) is 5. The number of thioether (sulfide) groups is 2. The predicted octanol–water partition coefficient (Wildman–Crippen LogP) is 0.683. The lowest BCUT2D eigenvalue weighted by Gasteiger charge is -2.20. The van der Waals surface area contributed by atoms with Crippen LogP contribution in [0.25, 0.3) is 0 Å². The van der Waals surface area contributed by atoms with E-state index in [1.54, 1.807) is 11.8 Å². The van der Waals surface area contributed by atoms with E-state index in [9.17, 15) is 14.4 Å². The molecule has 0 aliphatic carbocycles. The molecule has 5 nitrogen and oxygen atoms in total. The summed E-state index contributed by atoms with van der Waals surface area (Å²) in [7, 11) is 0. The van der Waals surface area contributed by atoms with Gasteiger partial charge in [0.1, 0.15) is 6.04 Å². The quantitative estimate of drug-likeness (QED) is 0.814. The maximum absolute atomic E-state index is 11.8. The molecule has 0 aromatic rings. The van der Waals surface area contributed by atoms with Gasteiger partial charge in [-0.3, -0.25) is 9.59 Å². The Morgan fingerprint density at radius 2 is 2.06 bits per heavy atom. The van der Waals surface area contributed by atoms with Crippen molar-refractivity contribution >= 4 is 40.5 Å². The van der Waals surface area contributed by atoms with Crippen molar-refractivity contribution in [2.45, 2.75) is 24.6 Å². The van der Waals surface area contributed by atoms with Crippen LogP contribution in [0.15, 0.2) is 0 Å². The highest BCUT2D eigenvalue weighted by Crippen LogP contribution is 2.26. The van der Waals surface area contributed by atoms with Crippen molar-refractivity contribution in [3.8, 4) is 0 Å². The molecule has 0 aromatic heterocycles. The Bertz CT molecular complexity index is 334. The number of hydrogen-bond donors (Lipinski definition) is 1. The van der Waals surface area contributed by atoms with Crippen LogP contribution in [-0.4, -0.2) is 56.8 Å². The molecule has 7 heteroatoms. The second-order valence-electron chi connectivity index (χ2n) is 3.77. The molecule has 0 saturated carbocycles. The zero-order valence-corrected chi connectivity index (χ0v) is 11.3. The zero-order valence-electron chi connectivity index (χ0n) is 9.71. The Balaban J connectivity index is 2.63. The highest BCUT2D eigenvalue weighted by atomic mass is 32.2. The molecule has 2 atom stereocenters. The largest absolute Gasteiger partial charge is 0.480 e. The molecule has 1 aliphatic heterocycles. The first-order valence-electron chi connectivity index (χ1n) is 5.14. The highest BCUT2D eigenvalue weighted by molar-refractivity contribution is 8.14. The van der Waals surface area contributed by atoms with Crippen molar-refractivity contribution in [1.82, 2.24) is 4.90 Å². The van der Waals surface area contributed by atoms with Crippen LogP contribution in [0.3, 0.4) is 0 Å². The average Bonchev–Trinajstić information content (AvgIpc) is 2.69. The molecule has 1 N–H and O–H groups in total. The minimum atomic E-state index is -0.970. The van der Waals surface area contributed by atoms with Crippen molar-refractivity contribution in [3.05, 3.63) is 0 Å². The lowest BCUT2D eigenvalue weighted by molar-refractivity contribution is -0.147. The zero-order chi connectivity index (χ0) is 13.0. The van der Waals surface area contributed by atoms with Gasteiger partial charge >= 0.3 is 5.97 Å². The summed E-state index contributed by atoms with van der Waals surface area (Å²) in [5.74, 6) is -1.21. The monoisotopic (exact) mass is 277 g/mol. The average molecular weight is 277 g/mol. The molecular weight excluding hydrogens is 262 g/mol. The molecule has 1 rings (SSSR count). The summed E-state index contributed by atoms with van der Waals surface area (Å²) in [5, 5.41) is 9.08. The lowest BCUT2D eigenvalue weighted by Crippen LogP contribution is -2.41. The number of likely N-dealkylation sites (tertiary alicyclic amines) is 1. The smallest absolute Gasteiger partial charge is 0.326 e. The summed E-state index contributed by atoms with van der Waals surface area (Å²) in [6.07, 6.45) is 2.38. The standard InChI is InChI=1S/C10H15NO4S2/c1-6(12)17-5-9(13)11-4-7(16-2)3-8(11)10(14)15/h7-8H,3-5H2,1-2H3,(H,14,15)/t7-,8-/m0/s1. The van der Waals surface area contributed by atoms with Gasteiger partial charge in [-0.1, -0.05) is 11.8 Å². The van der Waals surface area contributed by atoms with Crippen LogP contribution in [0, 0.1) is 0 Å². The number of rotatable bonds is 4. The fourth-order valence-corrected chi connectivity index (χ4v) is 2.90. The maximum Gasteiger partial charge on any atom is 0.326 e. The van der Waals surface area contributed by atoms with Crippen molar-refractivity contribution in [2.75, 3.05) is 18.6 Å². The van der Waals surface area contributed by atoms with E-state index in [0.29, 0.717) is 13.0 Å². The molecule has 0 radical (unpaired) electrons. The van der Waals surface area contributed by atoms with E-state index in [0.717, 1.165) is 11.8 Å². The van der Waals surface area contributed by atoms with Gasteiger partial charge in [-0.05, 0) is 12.7 Å². The van der Waals surface area contributed by atoms with Gasteiger partial charge in [0, 0.05) is 18.7 Å². The third-order valence-electron chi connectivity index (χ3n) is 2.60. The van der Waals surface area contributed by atoms with E-state index in [2.05, 4.69) is 0 Å². The Morgan fingerprint density at radius 3 is 2.53 bits per heavy atom. The van der Waals surface area contributed by atoms with Crippen LogP contribution in [0.2, 0.25) is 0 Å². The summed E-state index contributed by atoms with van der Waals surface area (Å²) in [4.78, 5) is 35.0. The molecule has 1 heterocycles. The highest BCUT2D eigenvalue weighted by Gasteiger charge is 2.39. The fraction of sp³-hybridized carbons (Fsp3) is 0.700. The molecule has 0 bridgehead atoms. The molecule has 0 aromatic carbocycles. The second-order valence-corrected chi connectivity index (χ2v) is 6.06. The van der Waals surface area contributed by atoms with Crippen molar-refractivity contribution < 1.29 is 19.5 Å². The topological polar surface area (TPSA) is 74.7 Å². The molecule has 1 saturated heterocycles. The molecular formula is C10H15NO4S2. The first-order chi connectivity index (χ1) is 7.95. The summed E-state index contributed by atoms with van der Waals surface area (Å²) >= 11 is 2.49. The molecule has 1 amide bonds. The number of carboxylic acids is 1. The first-order valence-corrected chi connectivity index (χ1v) is 7.41. The van der Waals surface area contributed by atoms with Crippen LogP contribution < -0.4 is 0 Å². The SMILES string of the molecule is CS[C@H]1C[C@@H](C(=O)O)N(C(=O)CSC(C)=O)C1. The number of carbonyl (C=O) groups is 3. The minimum absolute atomic E-state index is 0.0280. The number of amides is 1. The van der Waals surface area contributed by atoms with Crippen molar-refractivity contribution in [3.63, 3.8) is 0 Å². The van der Waals surface area contributed by atoms with E-state index in [-0.39, 0.29) is 22.0 Å². The van der Waals surface area contributed by atoms with Crippen molar-refractivity contribution in [2.24, 2.45) is 0 Å². The molecule has 1 aliphatic rings. The van der Waals surface area contributed by atoms with Gasteiger partial charge in [0.2, 0.25) is 5.91 Å². The number of carboxylic acid groups (broad SMARTS) is 1. The molecule has 1 fully saturated rings. The third kappa shape index (κ3) is 3.92. The Hall–Kier alpha value is -0.690. The van der Waals surface area contributed by atoms with Crippen LogP contribution in [0.5, 0.6) is 0 Å². The summed E-state index contributed by atoms with van der Waals surface area (Å²) in [6.45, 7) is 1.84. The van der Waals surface area contributed by atoms with Gasteiger partial charge in [0.25, 0.3) is 0 Å². The predicted molar refractivity (Wildman–Crippen MR) is 68.2 cm³/mol. The maximum atomic E-state index is 11.8. The van der Waals surface area contributed by atoms with E-state index in [1.807, 2.05) is 6.26 Å². The molecule has 17 heavy (non-hydrogen) atoms. The fourth-order valence-electron chi connectivity index (χ4n) is 1.72. The van der Waals surface area contributed by atoms with Gasteiger partial charge in [0.05, 0.1) is 5.75 Å². The summed E-state index contributed by atoms with van der Waals surface area (Å²) in [6, 6.07) is -0.743. The van der Waals surface area contributed by atoms with Crippen molar-refractivity contribution in [1.29, 1.82) is 0 Å². The van der Waals surface area contributed by atoms with Crippen LogP contribution in [0.1, 0.15) is 13.3 Å². The molecule has 0 spiro atoms. The minimum Gasteiger partial charge on any atom is -0.480 e. The lowest BCUT2D eigenvalue weighted by atomic mass is 10.2. The van der Waals surface area contributed by atoms with Gasteiger partial charge in [-0.25, -0.2) is 4.79 Å². The number of carbonyl (C=O) groups excluding carboxylic acids is 2. The first kappa shape index (κ1) is 14.4. The van der Waals surface area contributed by atoms with Gasteiger partial charge in [0.15, 0.2) is 5.12 Å². The Kier molecular flexibility index (Phi) is 5.32. The molecule has 96 valence electrons. The van der Waals surface area contributed by atoms with Gasteiger partial charge < -0.3 is 10.0 Å². The third-order valence-corrected chi connectivity index (χ3v) is 4.41. The molecule has 0 unspecified atom stereocenters. The number of aliphatic carboxylic acids is 1. The van der Waals surface area contributed by atoms with E-state index in [4.69, 9.17) is 5.11 Å². The van der Waals surface area contributed by atoms with Crippen LogP contribution in [-0.2, 0) is 14.4 Å². The van der Waals surface area contributed by atoms with Crippen LogP contribution >= 0.6 is 23.5 Å². The number of nitrogens with zero attached hydrogens (tertiary/aromatic N) is 1. The second kappa shape index (κ2) is 6.30. The van der Waals surface area contributed by atoms with Gasteiger partial charge in [-0.15, -0.1) is 0 Å². The van der Waals surface area contributed by atoms with E-state index < -0.39 is 12.0 Å². The Labute approximate surface area is 108 Å². The van der Waals surface area contributed by atoms with E-state index >= 15 is 0 Å². The summed E-state index contributed by atoms with van der Waals surface area (Å²) in [5.41, 5.74) is 0. The van der Waals surface area contributed by atoms with Gasteiger partial charge in [-0.2, -0.15) is 11.8 Å². The summed E-state index contributed by atoms with van der Waals surface area (Å²) < 4.78 is 0. The van der Waals surface area contributed by atoms with Crippen LogP contribution in [0.4, 0.5) is 0 Å². The Morgan fingerprint density at radius 1 is 1.41 bits per heavy atom. The normalized spacial score (nSPS) is 23.8. The van der Waals surface area contributed by atoms with E-state index in [1.165, 1.54) is 11.8 Å².